The van der Waals surface area contributed by atoms with Crippen LogP contribution in [0.4, 0.5) is 0 Å². The monoisotopic (exact) mass is 158 g/mol. The molecule has 3 heteroatoms. The molecule has 0 aliphatic heterocycles. The fraction of sp³-hybridized carbons (Fsp3) is 0.875. The van der Waals surface area contributed by atoms with Crippen LogP contribution in [0.5, 0.6) is 0 Å². The van der Waals surface area contributed by atoms with Gasteiger partial charge < -0.3 is 9.84 Å². The van der Waals surface area contributed by atoms with Gasteiger partial charge in [-0.1, -0.05) is 0 Å². The molecule has 0 spiro atoms. The number of carboxylic acids is 1. The zero-order valence-electron chi connectivity index (χ0n) is 6.75. The summed E-state index contributed by atoms with van der Waals surface area (Å²) in [6, 6.07) is 0. The third-order valence-corrected chi connectivity index (χ3v) is 1.94. The van der Waals surface area contributed by atoms with Gasteiger partial charge in [0.1, 0.15) is 0 Å². The number of hydrogen-bond acceptors (Lipinski definition) is 2. The average molecular weight is 158 g/mol. The van der Waals surface area contributed by atoms with Crippen LogP contribution >= 0.6 is 0 Å². The molecule has 1 aliphatic carbocycles. The molecule has 1 atom stereocenters. The molecule has 0 bridgehead atoms. The van der Waals surface area contributed by atoms with Crippen molar-refractivity contribution in [1.29, 1.82) is 0 Å². The van der Waals surface area contributed by atoms with Gasteiger partial charge in [0.15, 0.2) is 0 Å². The summed E-state index contributed by atoms with van der Waals surface area (Å²) >= 11 is 0. The second-order valence-corrected chi connectivity index (χ2v) is 3.10. The summed E-state index contributed by atoms with van der Waals surface area (Å²) in [4.78, 5) is 10.2. The number of aliphatic carboxylic acids is 1. The second-order valence-electron chi connectivity index (χ2n) is 3.10. The Kier molecular flexibility index (Phi) is 2.88. The van der Waals surface area contributed by atoms with Gasteiger partial charge in [-0.2, -0.15) is 0 Å². The van der Waals surface area contributed by atoms with E-state index in [2.05, 4.69) is 0 Å². The smallest absolute Gasteiger partial charge is 0.305 e. The predicted octanol–water partition coefficient (Wildman–Crippen LogP) is 1.42. The maximum absolute atomic E-state index is 10.2. The molecule has 11 heavy (non-hydrogen) atoms. The summed E-state index contributed by atoms with van der Waals surface area (Å²) in [6.45, 7) is 1.81. The van der Waals surface area contributed by atoms with E-state index >= 15 is 0 Å². The summed E-state index contributed by atoms with van der Waals surface area (Å²) in [5.41, 5.74) is 0. The molecule has 0 saturated heterocycles. The van der Waals surface area contributed by atoms with E-state index in [4.69, 9.17) is 9.84 Å². The highest BCUT2D eigenvalue weighted by atomic mass is 16.5. The number of carbonyl (C=O) groups is 1. The second kappa shape index (κ2) is 3.72. The van der Waals surface area contributed by atoms with Gasteiger partial charge >= 0.3 is 5.97 Å². The van der Waals surface area contributed by atoms with Crippen molar-refractivity contribution >= 4 is 5.97 Å². The molecular weight excluding hydrogens is 144 g/mol. The molecule has 1 saturated carbocycles. The van der Waals surface area contributed by atoms with Gasteiger partial charge in [-0.15, -0.1) is 0 Å². The quantitative estimate of drug-likeness (QED) is 0.673. The van der Waals surface area contributed by atoms with Gasteiger partial charge in [-0.05, 0) is 26.2 Å². The normalized spacial score (nSPS) is 20.8. The Bertz CT molecular complexity index is 140. The molecule has 3 nitrogen and oxygen atoms in total. The average Bonchev–Trinajstić information content (AvgIpc) is 1.77. The van der Waals surface area contributed by atoms with Gasteiger partial charge in [0, 0.05) is 0 Å². The van der Waals surface area contributed by atoms with E-state index in [9.17, 15) is 4.79 Å². The molecule has 0 heterocycles. The lowest BCUT2D eigenvalue weighted by atomic mass is 9.96. The third-order valence-electron chi connectivity index (χ3n) is 1.94. The molecule has 0 radical (unpaired) electrons. The molecule has 1 aliphatic rings. The fourth-order valence-electron chi connectivity index (χ4n) is 1.13. The van der Waals surface area contributed by atoms with Crippen molar-refractivity contribution in [2.24, 2.45) is 0 Å². The Balaban J connectivity index is 2.09. The van der Waals surface area contributed by atoms with E-state index in [1.54, 1.807) is 0 Å². The lowest BCUT2D eigenvalue weighted by Crippen LogP contribution is -2.27. The summed E-state index contributed by atoms with van der Waals surface area (Å²) in [6.07, 6.45) is 3.76. The number of carboxylic acid groups (broad SMARTS) is 1. The SMILES string of the molecule is C[C@H](CC(=O)O)OC1CCC1. The Morgan fingerprint density at radius 1 is 1.73 bits per heavy atom. The minimum Gasteiger partial charge on any atom is -0.481 e. The molecule has 0 aromatic heterocycles. The van der Waals surface area contributed by atoms with E-state index in [1.807, 2.05) is 6.92 Å². The van der Waals surface area contributed by atoms with Crippen molar-refractivity contribution < 1.29 is 14.6 Å². The molecule has 0 aromatic carbocycles. The fourth-order valence-corrected chi connectivity index (χ4v) is 1.13. The molecule has 1 N–H and O–H groups in total. The van der Waals surface area contributed by atoms with Gasteiger partial charge in [0.2, 0.25) is 0 Å². The Morgan fingerprint density at radius 3 is 2.73 bits per heavy atom. The van der Waals surface area contributed by atoms with Crippen LogP contribution in [0.25, 0.3) is 0 Å². The van der Waals surface area contributed by atoms with Crippen molar-refractivity contribution in [3.8, 4) is 0 Å². The van der Waals surface area contributed by atoms with Crippen molar-refractivity contribution in [2.45, 2.75) is 44.8 Å². The van der Waals surface area contributed by atoms with Crippen LogP contribution in [-0.4, -0.2) is 23.3 Å². The Morgan fingerprint density at radius 2 is 2.36 bits per heavy atom. The Labute approximate surface area is 66.4 Å². The number of rotatable bonds is 4. The first-order valence-electron chi connectivity index (χ1n) is 4.05. The van der Waals surface area contributed by atoms with Gasteiger partial charge in [-0.3, -0.25) is 4.79 Å². The highest BCUT2D eigenvalue weighted by Crippen LogP contribution is 2.23. The van der Waals surface area contributed by atoms with Crippen LogP contribution in [0.15, 0.2) is 0 Å². The first-order valence-corrected chi connectivity index (χ1v) is 4.05. The molecular formula is C8H14O3. The van der Waals surface area contributed by atoms with Crippen LogP contribution in [0.2, 0.25) is 0 Å². The zero-order valence-corrected chi connectivity index (χ0v) is 6.75. The summed E-state index contributed by atoms with van der Waals surface area (Å²) in [5, 5.41) is 8.41. The molecule has 0 unspecified atom stereocenters. The van der Waals surface area contributed by atoms with E-state index in [0.717, 1.165) is 12.8 Å². The van der Waals surface area contributed by atoms with Crippen LogP contribution in [-0.2, 0) is 9.53 Å². The van der Waals surface area contributed by atoms with Gasteiger partial charge in [0.05, 0.1) is 18.6 Å². The minimum absolute atomic E-state index is 0.122. The van der Waals surface area contributed by atoms with E-state index in [-0.39, 0.29) is 12.5 Å². The lowest BCUT2D eigenvalue weighted by molar-refractivity contribution is -0.142. The summed E-state index contributed by atoms with van der Waals surface area (Å²) < 4.78 is 5.42. The molecule has 1 fully saturated rings. The van der Waals surface area contributed by atoms with E-state index in [1.165, 1.54) is 6.42 Å². The largest absolute Gasteiger partial charge is 0.481 e. The highest BCUT2D eigenvalue weighted by molar-refractivity contribution is 5.67. The standard InChI is InChI=1S/C8H14O3/c1-6(5-8(9)10)11-7-3-2-4-7/h6-7H,2-5H2,1H3,(H,9,10)/t6-/m1/s1. The number of ether oxygens (including phenoxy) is 1. The molecule has 64 valence electrons. The minimum atomic E-state index is -0.781. The topological polar surface area (TPSA) is 46.5 Å². The summed E-state index contributed by atoms with van der Waals surface area (Å²) in [5.74, 6) is -0.781. The van der Waals surface area contributed by atoms with Crippen LogP contribution in [0.3, 0.4) is 0 Å². The number of hydrogen-bond donors (Lipinski definition) is 1. The first-order chi connectivity index (χ1) is 5.18. The molecule has 0 amide bonds. The van der Waals surface area contributed by atoms with Crippen LogP contribution < -0.4 is 0 Å². The third kappa shape index (κ3) is 2.89. The zero-order chi connectivity index (χ0) is 8.27. The van der Waals surface area contributed by atoms with Crippen molar-refractivity contribution in [3.05, 3.63) is 0 Å². The van der Waals surface area contributed by atoms with Crippen molar-refractivity contribution in [2.75, 3.05) is 0 Å². The molecule has 1 rings (SSSR count). The van der Waals surface area contributed by atoms with E-state index in [0.29, 0.717) is 6.10 Å². The van der Waals surface area contributed by atoms with E-state index < -0.39 is 5.97 Å². The van der Waals surface area contributed by atoms with Gasteiger partial charge in [-0.25, -0.2) is 0 Å². The summed E-state index contributed by atoms with van der Waals surface area (Å²) in [7, 11) is 0. The van der Waals surface area contributed by atoms with Crippen molar-refractivity contribution in [1.82, 2.24) is 0 Å². The molecule has 0 aromatic rings. The highest BCUT2D eigenvalue weighted by Gasteiger charge is 2.21. The maximum atomic E-state index is 10.2. The Hall–Kier alpha value is -0.570. The van der Waals surface area contributed by atoms with Gasteiger partial charge in [0.25, 0.3) is 0 Å². The first kappa shape index (κ1) is 8.53. The predicted molar refractivity (Wildman–Crippen MR) is 40.4 cm³/mol. The van der Waals surface area contributed by atoms with Crippen molar-refractivity contribution in [3.63, 3.8) is 0 Å². The van der Waals surface area contributed by atoms with Crippen LogP contribution in [0.1, 0.15) is 32.6 Å². The maximum Gasteiger partial charge on any atom is 0.305 e. The van der Waals surface area contributed by atoms with Crippen LogP contribution in [0, 0.1) is 0 Å². The lowest BCUT2D eigenvalue weighted by Gasteiger charge is -2.28.